The molecule has 3 N–H and O–H groups in total. The van der Waals surface area contributed by atoms with Crippen molar-refractivity contribution in [3.05, 3.63) is 0 Å². The molecule has 0 atom stereocenters. The van der Waals surface area contributed by atoms with Crippen LogP contribution in [0.2, 0.25) is 0 Å². The first-order valence-electron chi connectivity index (χ1n) is 8.88. The second kappa shape index (κ2) is 8.86. The highest BCUT2D eigenvalue weighted by Crippen LogP contribution is 2.12. The number of imide groups is 1. The standard InChI is InChI=1S/C16H30N6O2/c1-4-17-15(18-7-10-22-14(23)11-19-16(22)24)20-13-5-8-21(9-6-13)12(2)3/h12-13H,4-11H2,1-3H3,(H,19,24)(H2,17,18,20). The molecule has 8 nitrogen and oxygen atoms in total. The molecule has 2 aliphatic heterocycles. The predicted molar refractivity (Wildman–Crippen MR) is 94.0 cm³/mol. The van der Waals surface area contributed by atoms with Crippen LogP contribution in [-0.4, -0.2) is 79.0 Å². The summed E-state index contributed by atoms with van der Waals surface area (Å²) >= 11 is 0. The molecule has 136 valence electrons. The predicted octanol–water partition coefficient (Wildman–Crippen LogP) is -0.0339. The van der Waals surface area contributed by atoms with Crippen LogP contribution in [0.15, 0.2) is 4.99 Å². The van der Waals surface area contributed by atoms with Gasteiger partial charge in [0.1, 0.15) is 0 Å². The number of amides is 3. The third kappa shape index (κ3) is 5.09. The SMILES string of the molecule is CCNC(=NCCN1C(=O)CNC1=O)NC1CCN(C(C)C)CC1. The van der Waals surface area contributed by atoms with Crippen LogP contribution in [0.1, 0.15) is 33.6 Å². The number of aliphatic imine (C=N–C) groups is 1. The summed E-state index contributed by atoms with van der Waals surface area (Å²) in [6, 6.07) is 0.681. The Labute approximate surface area is 144 Å². The molecule has 0 saturated carbocycles. The van der Waals surface area contributed by atoms with Gasteiger partial charge in [0.2, 0.25) is 5.91 Å². The minimum atomic E-state index is -0.325. The zero-order valence-electron chi connectivity index (χ0n) is 15.0. The van der Waals surface area contributed by atoms with Crippen LogP contribution < -0.4 is 16.0 Å². The molecule has 0 aromatic heterocycles. The van der Waals surface area contributed by atoms with Gasteiger partial charge in [0.15, 0.2) is 5.96 Å². The van der Waals surface area contributed by atoms with Crippen molar-refractivity contribution in [2.75, 3.05) is 39.3 Å². The van der Waals surface area contributed by atoms with Crippen LogP contribution in [0.25, 0.3) is 0 Å². The maximum atomic E-state index is 11.5. The van der Waals surface area contributed by atoms with Gasteiger partial charge in [-0.2, -0.15) is 0 Å². The van der Waals surface area contributed by atoms with Crippen LogP contribution >= 0.6 is 0 Å². The highest BCUT2D eigenvalue weighted by molar-refractivity contribution is 6.01. The van der Waals surface area contributed by atoms with Crippen molar-refractivity contribution in [3.8, 4) is 0 Å². The van der Waals surface area contributed by atoms with Crippen LogP contribution in [-0.2, 0) is 4.79 Å². The Morgan fingerprint density at radius 1 is 1.33 bits per heavy atom. The lowest BCUT2D eigenvalue weighted by atomic mass is 10.0. The van der Waals surface area contributed by atoms with Gasteiger partial charge in [0.25, 0.3) is 0 Å². The molecule has 0 spiro atoms. The number of urea groups is 1. The van der Waals surface area contributed by atoms with Crippen molar-refractivity contribution in [3.63, 3.8) is 0 Å². The molecule has 3 amide bonds. The number of rotatable bonds is 6. The summed E-state index contributed by atoms with van der Waals surface area (Å²) in [4.78, 5) is 31.2. The molecule has 0 aliphatic carbocycles. The number of likely N-dealkylation sites (tertiary alicyclic amines) is 1. The van der Waals surface area contributed by atoms with E-state index in [-0.39, 0.29) is 18.5 Å². The van der Waals surface area contributed by atoms with E-state index in [1.807, 2.05) is 6.92 Å². The van der Waals surface area contributed by atoms with Gasteiger partial charge >= 0.3 is 6.03 Å². The number of nitrogens with one attached hydrogen (secondary N) is 3. The van der Waals surface area contributed by atoms with E-state index < -0.39 is 0 Å². The Hall–Kier alpha value is -1.83. The fraction of sp³-hybridized carbons (Fsp3) is 0.812. The lowest BCUT2D eigenvalue weighted by molar-refractivity contribution is -0.124. The maximum Gasteiger partial charge on any atom is 0.324 e. The molecular weight excluding hydrogens is 308 g/mol. The van der Waals surface area contributed by atoms with Gasteiger partial charge in [-0.25, -0.2) is 4.79 Å². The number of hydrogen-bond acceptors (Lipinski definition) is 4. The molecule has 2 fully saturated rings. The monoisotopic (exact) mass is 338 g/mol. The topological polar surface area (TPSA) is 89.1 Å². The summed E-state index contributed by atoms with van der Waals surface area (Å²) < 4.78 is 0. The number of carbonyl (C=O) groups excluding carboxylic acids is 2. The van der Waals surface area contributed by atoms with Crippen molar-refractivity contribution >= 4 is 17.9 Å². The van der Waals surface area contributed by atoms with Gasteiger partial charge in [-0.3, -0.25) is 14.7 Å². The van der Waals surface area contributed by atoms with Gasteiger partial charge in [-0.15, -0.1) is 0 Å². The lowest BCUT2D eigenvalue weighted by Crippen LogP contribution is -2.50. The van der Waals surface area contributed by atoms with Crippen molar-refractivity contribution in [2.45, 2.75) is 45.7 Å². The first-order chi connectivity index (χ1) is 11.5. The smallest absolute Gasteiger partial charge is 0.324 e. The third-order valence-electron chi connectivity index (χ3n) is 4.48. The average Bonchev–Trinajstić information content (AvgIpc) is 2.87. The van der Waals surface area contributed by atoms with E-state index in [0.717, 1.165) is 38.4 Å². The normalized spacial score (nSPS) is 20.7. The molecule has 0 unspecified atom stereocenters. The fourth-order valence-corrected chi connectivity index (χ4v) is 3.02. The average molecular weight is 338 g/mol. The lowest BCUT2D eigenvalue weighted by Gasteiger charge is -2.35. The maximum absolute atomic E-state index is 11.5. The molecule has 0 radical (unpaired) electrons. The number of nitrogens with zero attached hydrogens (tertiary/aromatic N) is 3. The number of carbonyl (C=O) groups is 2. The molecule has 0 aromatic carbocycles. The van der Waals surface area contributed by atoms with E-state index in [1.54, 1.807) is 0 Å². The quantitative estimate of drug-likeness (QED) is 0.359. The van der Waals surface area contributed by atoms with E-state index in [0.29, 0.717) is 25.2 Å². The summed E-state index contributed by atoms with van der Waals surface area (Å²) in [6.45, 7) is 10.3. The molecular formula is C16H30N6O2. The van der Waals surface area contributed by atoms with Crippen LogP contribution in [0.4, 0.5) is 4.79 Å². The minimum absolute atomic E-state index is 0.0925. The largest absolute Gasteiger partial charge is 0.357 e. The van der Waals surface area contributed by atoms with Crippen LogP contribution in [0.3, 0.4) is 0 Å². The third-order valence-corrected chi connectivity index (χ3v) is 4.48. The Bertz CT molecular complexity index is 455. The first-order valence-corrected chi connectivity index (χ1v) is 8.88. The summed E-state index contributed by atoms with van der Waals surface area (Å²) in [5.74, 6) is 0.571. The molecule has 2 saturated heterocycles. The number of hydrogen-bond donors (Lipinski definition) is 3. The van der Waals surface area contributed by atoms with E-state index >= 15 is 0 Å². The van der Waals surface area contributed by atoms with E-state index in [4.69, 9.17) is 0 Å². The summed E-state index contributed by atoms with van der Waals surface area (Å²) in [7, 11) is 0. The molecule has 24 heavy (non-hydrogen) atoms. The minimum Gasteiger partial charge on any atom is -0.357 e. The fourth-order valence-electron chi connectivity index (χ4n) is 3.02. The molecule has 0 bridgehead atoms. The van der Waals surface area contributed by atoms with E-state index in [9.17, 15) is 9.59 Å². The second-order valence-electron chi connectivity index (χ2n) is 6.51. The van der Waals surface area contributed by atoms with Crippen LogP contribution in [0, 0.1) is 0 Å². The van der Waals surface area contributed by atoms with Gasteiger partial charge in [0, 0.05) is 31.7 Å². The molecule has 2 rings (SSSR count). The Kier molecular flexibility index (Phi) is 6.84. The Morgan fingerprint density at radius 3 is 2.58 bits per heavy atom. The van der Waals surface area contributed by atoms with Crippen molar-refractivity contribution < 1.29 is 9.59 Å². The number of piperidine rings is 1. The van der Waals surface area contributed by atoms with E-state index in [2.05, 4.69) is 39.7 Å². The zero-order chi connectivity index (χ0) is 17.5. The molecule has 8 heteroatoms. The highest BCUT2D eigenvalue weighted by Gasteiger charge is 2.27. The molecule has 2 aliphatic rings. The Morgan fingerprint density at radius 2 is 2.04 bits per heavy atom. The van der Waals surface area contributed by atoms with Gasteiger partial charge < -0.3 is 20.9 Å². The molecule has 2 heterocycles. The number of guanidine groups is 1. The van der Waals surface area contributed by atoms with Crippen molar-refractivity contribution in [2.24, 2.45) is 4.99 Å². The van der Waals surface area contributed by atoms with Crippen molar-refractivity contribution in [1.29, 1.82) is 0 Å². The van der Waals surface area contributed by atoms with Crippen molar-refractivity contribution in [1.82, 2.24) is 25.8 Å². The van der Waals surface area contributed by atoms with E-state index in [1.165, 1.54) is 4.90 Å². The van der Waals surface area contributed by atoms with Gasteiger partial charge in [0.05, 0.1) is 19.6 Å². The summed E-state index contributed by atoms with van der Waals surface area (Å²) in [5.41, 5.74) is 0. The molecule has 0 aromatic rings. The Balaban J connectivity index is 1.80. The highest BCUT2D eigenvalue weighted by atomic mass is 16.2. The first kappa shape index (κ1) is 18.5. The van der Waals surface area contributed by atoms with Gasteiger partial charge in [-0.05, 0) is 33.6 Å². The summed E-state index contributed by atoms with van der Waals surface area (Å²) in [6.07, 6.45) is 2.19. The zero-order valence-corrected chi connectivity index (χ0v) is 15.0. The van der Waals surface area contributed by atoms with Gasteiger partial charge in [-0.1, -0.05) is 0 Å². The second-order valence-corrected chi connectivity index (χ2v) is 6.51. The summed E-state index contributed by atoms with van der Waals surface area (Å²) in [5, 5.41) is 9.22. The van der Waals surface area contributed by atoms with Crippen LogP contribution in [0.5, 0.6) is 0 Å².